The quantitative estimate of drug-likeness (QED) is 0.389. The van der Waals surface area contributed by atoms with Crippen LogP contribution >= 0.6 is 0 Å². The molecule has 2 N–H and O–H groups in total. The lowest BCUT2D eigenvalue weighted by Gasteiger charge is -2.32. The smallest absolute Gasteiger partial charge is 0.406 e. The summed E-state index contributed by atoms with van der Waals surface area (Å²) in [7, 11) is 0. The molecule has 4 rings (SSSR count). The molecule has 0 radical (unpaired) electrons. The minimum Gasteiger partial charge on any atom is -0.406 e. The molecular weight excluding hydrogens is 515 g/mol. The highest BCUT2D eigenvalue weighted by Crippen LogP contribution is 2.28. The second-order valence-corrected chi connectivity index (χ2v) is 8.39. The van der Waals surface area contributed by atoms with E-state index in [0.29, 0.717) is 37.4 Å². The molecule has 0 atom stereocenters. The predicted molar refractivity (Wildman–Crippen MR) is 127 cm³/mol. The SMILES string of the molecule is CC(=O)Nc1c(F)ccc(Nc2ncnc(N3CCC(OCc4ccc(OC(F)(F)F)cc4)CC3)n2)c1F. The highest BCUT2D eigenvalue weighted by molar-refractivity contribution is 5.89. The molecule has 1 aliphatic rings. The van der Waals surface area contributed by atoms with E-state index in [4.69, 9.17) is 4.74 Å². The highest BCUT2D eigenvalue weighted by atomic mass is 19.4. The molecule has 1 aromatic heterocycles. The Labute approximate surface area is 214 Å². The summed E-state index contributed by atoms with van der Waals surface area (Å²) in [6.07, 6.45) is -2.25. The Balaban J connectivity index is 1.31. The first-order valence-electron chi connectivity index (χ1n) is 11.5. The number of halogens is 5. The van der Waals surface area contributed by atoms with Gasteiger partial charge in [0.25, 0.3) is 0 Å². The van der Waals surface area contributed by atoms with Gasteiger partial charge < -0.3 is 25.0 Å². The van der Waals surface area contributed by atoms with Gasteiger partial charge in [-0.1, -0.05) is 12.1 Å². The monoisotopic (exact) mass is 538 g/mol. The first-order valence-corrected chi connectivity index (χ1v) is 11.5. The van der Waals surface area contributed by atoms with Gasteiger partial charge in [0.05, 0.1) is 18.4 Å². The summed E-state index contributed by atoms with van der Waals surface area (Å²) in [5.41, 5.74) is 0.00617. The van der Waals surface area contributed by atoms with Gasteiger partial charge in [-0.05, 0) is 42.7 Å². The van der Waals surface area contributed by atoms with Crippen molar-refractivity contribution in [3.63, 3.8) is 0 Å². The van der Waals surface area contributed by atoms with Crippen LogP contribution in [-0.2, 0) is 16.1 Å². The molecule has 2 heterocycles. The second-order valence-electron chi connectivity index (χ2n) is 8.39. The topological polar surface area (TPSA) is 102 Å². The number of ether oxygens (including phenoxy) is 2. The first-order chi connectivity index (χ1) is 18.1. The Hall–Kier alpha value is -4.07. The maximum atomic E-state index is 14.7. The van der Waals surface area contributed by atoms with Crippen LogP contribution in [0.25, 0.3) is 0 Å². The molecule has 2 aromatic carbocycles. The lowest BCUT2D eigenvalue weighted by molar-refractivity contribution is -0.274. The second kappa shape index (κ2) is 11.5. The van der Waals surface area contributed by atoms with Crippen LogP contribution in [0.3, 0.4) is 0 Å². The van der Waals surface area contributed by atoms with E-state index < -0.39 is 29.6 Å². The summed E-state index contributed by atoms with van der Waals surface area (Å²) in [5, 5.41) is 4.80. The van der Waals surface area contributed by atoms with Crippen molar-refractivity contribution >= 4 is 29.2 Å². The van der Waals surface area contributed by atoms with Gasteiger partial charge in [-0.3, -0.25) is 4.79 Å². The number of carbonyl (C=O) groups excluding carboxylic acids is 1. The molecule has 3 aromatic rings. The Morgan fingerprint density at radius 3 is 2.45 bits per heavy atom. The lowest BCUT2D eigenvalue weighted by atomic mass is 10.1. The fraction of sp³-hybridized carbons (Fsp3) is 0.333. The molecule has 9 nitrogen and oxygen atoms in total. The van der Waals surface area contributed by atoms with Gasteiger partial charge >= 0.3 is 6.36 Å². The standard InChI is InChI=1S/C24H23F5N6O3/c1-14(36)32-21-18(25)6-7-19(20(21)26)33-22-30-13-31-23(34-22)35-10-8-16(9-11-35)37-12-15-2-4-17(5-3-15)38-24(27,28)29/h2-7,13,16H,8-12H2,1H3,(H,32,36)(H,30,31,33,34). The number of benzene rings is 2. The maximum Gasteiger partial charge on any atom is 0.573 e. The summed E-state index contributed by atoms with van der Waals surface area (Å²) >= 11 is 0. The summed E-state index contributed by atoms with van der Waals surface area (Å²) in [6, 6.07) is 7.67. The Bertz CT molecular complexity index is 1270. The zero-order valence-electron chi connectivity index (χ0n) is 20.1. The summed E-state index contributed by atoms with van der Waals surface area (Å²) in [5.74, 6) is -2.45. The molecule has 0 unspecified atom stereocenters. The van der Waals surface area contributed by atoms with Gasteiger partial charge in [-0.25, -0.2) is 18.7 Å². The van der Waals surface area contributed by atoms with Gasteiger partial charge in [0.15, 0.2) is 5.82 Å². The summed E-state index contributed by atoms with van der Waals surface area (Å²) < 4.78 is 75.2. The largest absolute Gasteiger partial charge is 0.573 e. The van der Waals surface area contributed by atoms with Crippen LogP contribution in [0, 0.1) is 11.6 Å². The van der Waals surface area contributed by atoms with Crippen molar-refractivity contribution in [1.82, 2.24) is 15.0 Å². The molecular formula is C24H23F5N6O3. The van der Waals surface area contributed by atoms with Crippen molar-refractivity contribution in [2.45, 2.75) is 38.8 Å². The molecule has 0 saturated carbocycles. The fourth-order valence-corrected chi connectivity index (χ4v) is 3.78. The van der Waals surface area contributed by atoms with Crippen LogP contribution in [0.1, 0.15) is 25.3 Å². The maximum absolute atomic E-state index is 14.7. The van der Waals surface area contributed by atoms with Crippen molar-refractivity contribution in [2.24, 2.45) is 0 Å². The number of aromatic nitrogens is 3. The third kappa shape index (κ3) is 7.25. The predicted octanol–water partition coefficient (Wildman–Crippen LogP) is 4.94. The van der Waals surface area contributed by atoms with Crippen LogP contribution in [0.5, 0.6) is 5.75 Å². The molecule has 1 aliphatic heterocycles. The third-order valence-corrected chi connectivity index (χ3v) is 5.57. The van der Waals surface area contributed by atoms with Crippen LogP contribution in [0.15, 0.2) is 42.7 Å². The van der Waals surface area contributed by atoms with E-state index in [9.17, 15) is 26.7 Å². The number of rotatable bonds is 8. The Morgan fingerprint density at radius 1 is 1.08 bits per heavy atom. The minimum atomic E-state index is -4.74. The number of piperidine rings is 1. The number of amides is 1. The van der Waals surface area contributed by atoms with E-state index in [2.05, 4.69) is 30.3 Å². The average molecular weight is 538 g/mol. The molecule has 202 valence electrons. The average Bonchev–Trinajstić information content (AvgIpc) is 2.87. The first kappa shape index (κ1) is 27.0. The van der Waals surface area contributed by atoms with Gasteiger partial charge in [0, 0.05) is 20.0 Å². The number of alkyl halides is 3. The van der Waals surface area contributed by atoms with Gasteiger partial charge in [-0.15, -0.1) is 13.2 Å². The van der Waals surface area contributed by atoms with E-state index in [1.54, 1.807) is 0 Å². The summed E-state index contributed by atoms with van der Waals surface area (Å²) in [6.45, 7) is 2.49. The normalized spacial score (nSPS) is 14.3. The van der Waals surface area contributed by atoms with Gasteiger partial charge in [0.2, 0.25) is 17.8 Å². The van der Waals surface area contributed by atoms with Crippen molar-refractivity contribution in [3.8, 4) is 5.75 Å². The molecule has 1 fully saturated rings. The Kier molecular flexibility index (Phi) is 8.20. The number of anilines is 4. The molecule has 0 spiro atoms. The van der Waals surface area contributed by atoms with Crippen LogP contribution in [0.4, 0.5) is 45.2 Å². The molecule has 1 amide bonds. The molecule has 1 saturated heterocycles. The number of nitrogens with one attached hydrogen (secondary N) is 2. The van der Waals surface area contributed by atoms with E-state index in [0.717, 1.165) is 13.0 Å². The highest BCUT2D eigenvalue weighted by Gasteiger charge is 2.31. The van der Waals surface area contributed by atoms with Crippen LogP contribution in [-0.4, -0.2) is 46.4 Å². The molecule has 38 heavy (non-hydrogen) atoms. The van der Waals surface area contributed by atoms with Crippen molar-refractivity contribution in [2.75, 3.05) is 28.6 Å². The van der Waals surface area contributed by atoms with Crippen molar-refractivity contribution in [3.05, 3.63) is 59.9 Å². The third-order valence-electron chi connectivity index (χ3n) is 5.57. The van der Waals surface area contributed by atoms with Crippen molar-refractivity contribution in [1.29, 1.82) is 0 Å². The Morgan fingerprint density at radius 2 is 1.79 bits per heavy atom. The zero-order chi connectivity index (χ0) is 27.3. The van der Waals surface area contributed by atoms with E-state index in [1.807, 2.05) is 4.90 Å². The number of hydrogen-bond donors (Lipinski definition) is 2. The van der Waals surface area contributed by atoms with Gasteiger partial charge in [0.1, 0.15) is 23.6 Å². The molecule has 14 heteroatoms. The fourth-order valence-electron chi connectivity index (χ4n) is 3.78. The lowest BCUT2D eigenvalue weighted by Crippen LogP contribution is -2.38. The van der Waals surface area contributed by atoms with E-state index >= 15 is 0 Å². The van der Waals surface area contributed by atoms with E-state index in [1.165, 1.54) is 36.7 Å². The minimum absolute atomic E-state index is 0.0330. The van der Waals surface area contributed by atoms with Crippen LogP contribution in [0.2, 0.25) is 0 Å². The molecule has 0 bridgehead atoms. The van der Waals surface area contributed by atoms with Crippen LogP contribution < -0.4 is 20.3 Å². The van der Waals surface area contributed by atoms with E-state index in [-0.39, 0.29) is 30.1 Å². The van der Waals surface area contributed by atoms with Gasteiger partial charge in [-0.2, -0.15) is 4.98 Å². The number of nitrogens with zero attached hydrogens (tertiary/aromatic N) is 4. The summed E-state index contributed by atoms with van der Waals surface area (Å²) in [4.78, 5) is 25.6. The number of carbonyl (C=O) groups is 1. The zero-order valence-corrected chi connectivity index (χ0v) is 20.1. The molecule has 0 aliphatic carbocycles. The number of hydrogen-bond acceptors (Lipinski definition) is 8. The van der Waals surface area contributed by atoms with Crippen molar-refractivity contribution < 1.29 is 36.2 Å².